The number of nitrogens with zero attached hydrogens (tertiary/aromatic N) is 4. The molecule has 5 rings (SSSR count). The summed E-state index contributed by atoms with van der Waals surface area (Å²) in [6.45, 7) is 8.21. The molecule has 1 aromatic rings. The van der Waals surface area contributed by atoms with Crippen molar-refractivity contribution in [1.82, 2.24) is 19.7 Å². The number of aromatic nitrogens is 2. The molecular weight excluding hydrogens is 606 g/mol. The minimum atomic E-state index is -4.21. The Kier molecular flexibility index (Phi) is 17.5. The number of allylic oxidation sites excluding steroid dienone is 16. The number of alkyl halides is 3. The molecule has 1 atom stereocenters. The van der Waals surface area contributed by atoms with Gasteiger partial charge in [-0.25, -0.2) is 10.2 Å². The van der Waals surface area contributed by atoms with Crippen LogP contribution in [0.15, 0.2) is 125 Å². The Morgan fingerprint density at radius 2 is 1.79 bits per heavy atom. The van der Waals surface area contributed by atoms with Crippen molar-refractivity contribution in [3.05, 3.63) is 125 Å². The SMILES string of the molecule is CC.CCC1=CCC=C(C(F)(F)F)C=C1.CN1CCC[C@H]1Cn1cccn1.NN1C=CC=C/C1=C(\C=O)CC1=C/CC=C(F)C/C=C\1. The molecule has 1 aromatic heterocycles. The molecule has 6 nitrogen and oxygen atoms in total. The highest BCUT2D eigenvalue weighted by molar-refractivity contribution is 5.76. The number of aldehydes is 1. The molecule has 0 spiro atoms. The first kappa shape index (κ1) is 39.2. The molecule has 0 radical (unpaired) electrons. The van der Waals surface area contributed by atoms with Gasteiger partial charge in [0, 0.05) is 43.1 Å². The Morgan fingerprint density at radius 3 is 2.40 bits per heavy atom. The molecule has 2 aliphatic heterocycles. The van der Waals surface area contributed by atoms with Gasteiger partial charge < -0.3 is 4.90 Å². The van der Waals surface area contributed by atoms with Crippen LogP contribution in [0.1, 0.15) is 65.7 Å². The summed E-state index contributed by atoms with van der Waals surface area (Å²) < 4.78 is 51.7. The fraction of sp³-hybridized carbons (Fsp3) is 0.405. The van der Waals surface area contributed by atoms with Gasteiger partial charge in [-0.3, -0.25) is 14.5 Å². The van der Waals surface area contributed by atoms with Crippen LogP contribution >= 0.6 is 0 Å². The van der Waals surface area contributed by atoms with Gasteiger partial charge in [-0.1, -0.05) is 75.0 Å². The summed E-state index contributed by atoms with van der Waals surface area (Å²) in [6.07, 6.45) is 25.5. The maximum absolute atomic E-state index is 13.1. The van der Waals surface area contributed by atoms with Gasteiger partial charge in [0.05, 0.1) is 17.8 Å². The van der Waals surface area contributed by atoms with E-state index in [1.807, 2.05) is 68.2 Å². The highest BCUT2D eigenvalue weighted by atomic mass is 19.4. The topological polar surface area (TPSA) is 67.4 Å². The number of likely N-dealkylation sites (N-methyl/N-ethyl adjacent to an activating group) is 1. The summed E-state index contributed by atoms with van der Waals surface area (Å²) in [4.78, 5) is 13.7. The van der Waals surface area contributed by atoms with Crippen LogP contribution in [-0.4, -0.2) is 51.8 Å². The molecule has 3 heterocycles. The fourth-order valence-corrected chi connectivity index (χ4v) is 5.06. The number of hydrogen-bond acceptors (Lipinski definition) is 5. The first-order valence-electron chi connectivity index (χ1n) is 16.2. The summed E-state index contributed by atoms with van der Waals surface area (Å²) >= 11 is 0. The van der Waals surface area contributed by atoms with Crippen LogP contribution in [0.4, 0.5) is 17.6 Å². The van der Waals surface area contributed by atoms with Gasteiger partial charge in [-0.2, -0.15) is 18.3 Å². The molecule has 0 aromatic carbocycles. The van der Waals surface area contributed by atoms with Gasteiger partial charge in [0.2, 0.25) is 0 Å². The molecule has 0 unspecified atom stereocenters. The second-order valence-corrected chi connectivity index (χ2v) is 10.9. The number of likely N-dealkylation sites (tertiary alicyclic amines) is 1. The molecule has 0 saturated carbocycles. The Labute approximate surface area is 277 Å². The zero-order valence-corrected chi connectivity index (χ0v) is 28.0. The Hall–Kier alpha value is -4.02. The lowest BCUT2D eigenvalue weighted by atomic mass is 10.00. The van der Waals surface area contributed by atoms with Gasteiger partial charge in [0.1, 0.15) is 12.1 Å². The van der Waals surface area contributed by atoms with Gasteiger partial charge in [0.25, 0.3) is 0 Å². The molecule has 1 saturated heterocycles. The summed E-state index contributed by atoms with van der Waals surface area (Å²) in [5.41, 5.74) is 2.68. The second kappa shape index (κ2) is 21.0. The number of rotatable bonds is 6. The van der Waals surface area contributed by atoms with Crippen LogP contribution in [0.3, 0.4) is 0 Å². The van der Waals surface area contributed by atoms with Crippen LogP contribution in [-0.2, 0) is 11.3 Å². The standard InChI is InChI=1S/C16H17FN2O.C10H11F3.C9H15N3.C2H6/c17-15-7-3-5-13(6-4-8-15)11-14(12-20)16-9-1-2-10-19(16)18;1-2-8-4-3-5-9(7-6-8)10(11,12)13;1-11-6-2-4-9(11)8-12-7-3-5-10-12;1-2/h1-3,5-6,8-10,12H,4,7,11,18H2;4-7H,2-3H2,1H3;3,5,7,9H,2,4,6,8H2,1H3;1-2H3/b5-3-,13-6+,15-8?,16-14+;;;/t;;9-;/m..0./s1. The molecule has 2 N–H and O–H groups in total. The largest absolute Gasteiger partial charge is 0.416 e. The van der Waals surface area contributed by atoms with E-state index >= 15 is 0 Å². The monoisotopic (exact) mass is 655 g/mol. The van der Waals surface area contributed by atoms with Crippen molar-refractivity contribution in [1.29, 1.82) is 0 Å². The molecule has 10 heteroatoms. The highest BCUT2D eigenvalue weighted by Gasteiger charge is 2.31. The predicted molar refractivity (Wildman–Crippen MR) is 183 cm³/mol. The maximum atomic E-state index is 13.1. The first-order valence-corrected chi connectivity index (χ1v) is 16.2. The predicted octanol–water partition coefficient (Wildman–Crippen LogP) is 8.99. The van der Waals surface area contributed by atoms with Crippen molar-refractivity contribution < 1.29 is 22.4 Å². The summed E-state index contributed by atoms with van der Waals surface area (Å²) in [5.74, 6) is 5.69. The van der Waals surface area contributed by atoms with Crippen molar-refractivity contribution in [2.75, 3.05) is 13.6 Å². The highest BCUT2D eigenvalue weighted by Crippen LogP contribution is 2.29. The zero-order chi connectivity index (χ0) is 34.7. The smallest absolute Gasteiger partial charge is 0.302 e. The molecular formula is C37H49F4N5O. The number of carbonyl (C=O) groups is 1. The van der Waals surface area contributed by atoms with Crippen LogP contribution in [0, 0.1) is 0 Å². The van der Waals surface area contributed by atoms with Crippen molar-refractivity contribution in [3.8, 4) is 0 Å². The first-order chi connectivity index (χ1) is 22.6. The second-order valence-electron chi connectivity index (χ2n) is 10.9. The molecule has 47 heavy (non-hydrogen) atoms. The van der Waals surface area contributed by atoms with E-state index < -0.39 is 11.7 Å². The van der Waals surface area contributed by atoms with Crippen LogP contribution < -0.4 is 5.84 Å². The third-order valence-electron chi connectivity index (χ3n) is 7.68. The number of hydrazine groups is 1. The summed E-state index contributed by atoms with van der Waals surface area (Å²) in [5, 5.41) is 5.63. The molecule has 2 aliphatic carbocycles. The van der Waals surface area contributed by atoms with E-state index in [0.717, 1.165) is 36.5 Å². The normalized spacial score (nSPS) is 22.1. The minimum absolute atomic E-state index is 0.126. The number of halogens is 4. The maximum Gasteiger partial charge on any atom is 0.416 e. The lowest BCUT2D eigenvalue weighted by molar-refractivity contribution is -0.105. The Bertz CT molecular complexity index is 1390. The third kappa shape index (κ3) is 14.1. The van der Waals surface area contributed by atoms with Crippen molar-refractivity contribution >= 4 is 6.29 Å². The van der Waals surface area contributed by atoms with Gasteiger partial charge in [0.15, 0.2) is 0 Å². The Morgan fingerprint density at radius 1 is 1.04 bits per heavy atom. The van der Waals surface area contributed by atoms with Crippen LogP contribution in [0.2, 0.25) is 0 Å². The van der Waals surface area contributed by atoms with Gasteiger partial charge in [-0.05, 0) is 75.6 Å². The van der Waals surface area contributed by atoms with E-state index in [4.69, 9.17) is 5.84 Å². The molecule has 1 fully saturated rings. The lowest BCUT2D eigenvalue weighted by Gasteiger charge is -2.20. The van der Waals surface area contributed by atoms with E-state index in [1.165, 1.54) is 36.5 Å². The van der Waals surface area contributed by atoms with E-state index in [9.17, 15) is 22.4 Å². The quantitative estimate of drug-likeness (QED) is 0.143. The number of nitrogens with two attached hydrogens (primary N) is 1. The molecule has 0 amide bonds. The fourth-order valence-electron chi connectivity index (χ4n) is 5.06. The molecule has 4 aliphatic rings. The van der Waals surface area contributed by atoms with Crippen molar-refractivity contribution in [2.45, 2.75) is 84.5 Å². The average molecular weight is 656 g/mol. The van der Waals surface area contributed by atoms with Gasteiger partial charge in [-0.15, -0.1) is 0 Å². The average Bonchev–Trinajstić information content (AvgIpc) is 3.64. The number of hydrogen-bond donors (Lipinski definition) is 1. The van der Waals surface area contributed by atoms with Crippen LogP contribution in [0.5, 0.6) is 0 Å². The van der Waals surface area contributed by atoms with Crippen molar-refractivity contribution in [2.24, 2.45) is 5.84 Å². The summed E-state index contributed by atoms with van der Waals surface area (Å²) in [6, 6.07) is 2.68. The van der Waals surface area contributed by atoms with E-state index in [0.29, 0.717) is 43.0 Å². The molecule has 0 bridgehead atoms. The third-order valence-corrected chi connectivity index (χ3v) is 7.68. The van der Waals surface area contributed by atoms with E-state index in [-0.39, 0.29) is 5.83 Å². The summed E-state index contributed by atoms with van der Waals surface area (Å²) in [7, 11) is 2.20. The molecule has 256 valence electrons. The van der Waals surface area contributed by atoms with E-state index in [2.05, 4.69) is 17.0 Å². The number of carbonyl (C=O) groups excluding carboxylic acids is 1. The Balaban J connectivity index is 0.000000249. The lowest BCUT2D eigenvalue weighted by Crippen LogP contribution is -2.29. The van der Waals surface area contributed by atoms with Gasteiger partial charge >= 0.3 is 6.18 Å². The van der Waals surface area contributed by atoms with E-state index in [1.54, 1.807) is 30.5 Å². The minimum Gasteiger partial charge on any atom is -0.302 e. The van der Waals surface area contributed by atoms with Crippen molar-refractivity contribution in [3.63, 3.8) is 0 Å². The zero-order valence-electron chi connectivity index (χ0n) is 28.0. The van der Waals surface area contributed by atoms with Crippen LogP contribution in [0.25, 0.3) is 0 Å².